The maximum atomic E-state index is 8.94. The SMILES string of the molecule is COc1ccc(CN2CCC(CCO)CC2)cc1. The molecular formula is C15H23NO2. The predicted molar refractivity (Wildman–Crippen MR) is 72.7 cm³/mol. The van der Waals surface area contributed by atoms with E-state index in [2.05, 4.69) is 17.0 Å². The average molecular weight is 249 g/mol. The Morgan fingerprint density at radius 1 is 1.22 bits per heavy atom. The Morgan fingerprint density at radius 3 is 2.44 bits per heavy atom. The van der Waals surface area contributed by atoms with Crippen LogP contribution in [0.2, 0.25) is 0 Å². The summed E-state index contributed by atoms with van der Waals surface area (Å²) >= 11 is 0. The van der Waals surface area contributed by atoms with Crippen LogP contribution in [0, 0.1) is 5.92 Å². The van der Waals surface area contributed by atoms with Gasteiger partial charge in [0.1, 0.15) is 5.75 Å². The second kappa shape index (κ2) is 6.76. The monoisotopic (exact) mass is 249 g/mol. The van der Waals surface area contributed by atoms with Crippen LogP contribution in [0.15, 0.2) is 24.3 Å². The van der Waals surface area contributed by atoms with Gasteiger partial charge in [-0.05, 0) is 56.0 Å². The fourth-order valence-electron chi connectivity index (χ4n) is 2.60. The van der Waals surface area contributed by atoms with E-state index in [4.69, 9.17) is 9.84 Å². The first-order valence-corrected chi connectivity index (χ1v) is 6.78. The fourth-order valence-corrected chi connectivity index (χ4v) is 2.60. The molecule has 1 aliphatic rings. The minimum atomic E-state index is 0.336. The minimum absolute atomic E-state index is 0.336. The molecular weight excluding hydrogens is 226 g/mol. The molecule has 1 fully saturated rings. The van der Waals surface area contributed by atoms with Crippen molar-refractivity contribution in [3.8, 4) is 5.75 Å². The number of rotatable bonds is 5. The van der Waals surface area contributed by atoms with Gasteiger partial charge in [-0.3, -0.25) is 4.90 Å². The number of nitrogens with zero attached hydrogens (tertiary/aromatic N) is 1. The Morgan fingerprint density at radius 2 is 1.89 bits per heavy atom. The van der Waals surface area contributed by atoms with Crippen molar-refractivity contribution >= 4 is 0 Å². The van der Waals surface area contributed by atoms with Crippen molar-refractivity contribution in [3.05, 3.63) is 29.8 Å². The molecule has 3 heteroatoms. The van der Waals surface area contributed by atoms with Crippen molar-refractivity contribution in [2.45, 2.75) is 25.8 Å². The van der Waals surface area contributed by atoms with E-state index >= 15 is 0 Å². The summed E-state index contributed by atoms with van der Waals surface area (Å²) in [6.07, 6.45) is 3.41. The molecule has 1 aliphatic heterocycles. The van der Waals surface area contributed by atoms with E-state index in [1.165, 1.54) is 18.4 Å². The van der Waals surface area contributed by atoms with Gasteiger partial charge < -0.3 is 9.84 Å². The molecule has 0 spiro atoms. The highest BCUT2D eigenvalue weighted by Crippen LogP contribution is 2.22. The number of hydrogen-bond acceptors (Lipinski definition) is 3. The maximum Gasteiger partial charge on any atom is 0.118 e. The number of likely N-dealkylation sites (tertiary alicyclic amines) is 1. The normalized spacial score (nSPS) is 17.9. The van der Waals surface area contributed by atoms with Gasteiger partial charge in [0.05, 0.1) is 7.11 Å². The summed E-state index contributed by atoms with van der Waals surface area (Å²) in [5, 5.41) is 8.94. The molecule has 1 heterocycles. The molecule has 0 saturated carbocycles. The van der Waals surface area contributed by atoms with Crippen LogP contribution in [0.5, 0.6) is 5.75 Å². The number of aliphatic hydroxyl groups is 1. The molecule has 0 radical (unpaired) electrons. The standard InChI is InChI=1S/C15H23NO2/c1-18-15-4-2-14(3-5-15)12-16-9-6-13(7-10-16)8-11-17/h2-5,13,17H,6-12H2,1H3. The zero-order valence-corrected chi connectivity index (χ0v) is 11.1. The third-order valence-electron chi connectivity index (χ3n) is 3.81. The van der Waals surface area contributed by atoms with Crippen molar-refractivity contribution in [3.63, 3.8) is 0 Å². The molecule has 1 N–H and O–H groups in total. The average Bonchev–Trinajstić information content (AvgIpc) is 2.42. The van der Waals surface area contributed by atoms with Crippen LogP contribution in [0.3, 0.4) is 0 Å². The highest BCUT2D eigenvalue weighted by Gasteiger charge is 2.18. The molecule has 100 valence electrons. The summed E-state index contributed by atoms with van der Waals surface area (Å²) < 4.78 is 5.16. The smallest absolute Gasteiger partial charge is 0.118 e. The molecule has 0 unspecified atom stereocenters. The van der Waals surface area contributed by atoms with Crippen LogP contribution >= 0.6 is 0 Å². The first kappa shape index (κ1) is 13.4. The lowest BCUT2D eigenvalue weighted by molar-refractivity contribution is 0.153. The maximum absolute atomic E-state index is 8.94. The van der Waals surface area contributed by atoms with Gasteiger partial charge in [-0.1, -0.05) is 12.1 Å². The molecule has 2 rings (SSSR count). The number of aliphatic hydroxyl groups excluding tert-OH is 1. The van der Waals surface area contributed by atoms with Crippen LogP contribution in [-0.2, 0) is 6.54 Å². The number of piperidine rings is 1. The van der Waals surface area contributed by atoms with Crippen LogP contribution in [-0.4, -0.2) is 36.8 Å². The Labute approximate surface area is 109 Å². The van der Waals surface area contributed by atoms with Crippen molar-refractivity contribution in [2.75, 3.05) is 26.8 Å². The van der Waals surface area contributed by atoms with Crippen LogP contribution in [0.4, 0.5) is 0 Å². The third-order valence-corrected chi connectivity index (χ3v) is 3.81. The Kier molecular flexibility index (Phi) is 5.02. The quantitative estimate of drug-likeness (QED) is 0.869. The summed E-state index contributed by atoms with van der Waals surface area (Å²) in [7, 11) is 1.70. The number of benzene rings is 1. The first-order valence-electron chi connectivity index (χ1n) is 6.78. The van der Waals surface area contributed by atoms with Gasteiger partial charge in [0.15, 0.2) is 0 Å². The summed E-state index contributed by atoms with van der Waals surface area (Å²) in [5.41, 5.74) is 1.34. The highest BCUT2D eigenvalue weighted by atomic mass is 16.5. The van der Waals surface area contributed by atoms with Gasteiger partial charge in [0.2, 0.25) is 0 Å². The predicted octanol–water partition coefficient (Wildman–Crippen LogP) is 2.29. The number of hydrogen-bond donors (Lipinski definition) is 1. The Hall–Kier alpha value is -1.06. The van der Waals surface area contributed by atoms with E-state index in [0.717, 1.165) is 37.7 Å². The molecule has 1 saturated heterocycles. The second-order valence-electron chi connectivity index (χ2n) is 5.08. The lowest BCUT2D eigenvalue weighted by atomic mass is 9.94. The lowest BCUT2D eigenvalue weighted by Gasteiger charge is -2.31. The largest absolute Gasteiger partial charge is 0.497 e. The van der Waals surface area contributed by atoms with E-state index in [0.29, 0.717) is 6.61 Å². The molecule has 0 aliphatic carbocycles. The van der Waals surface area contributed by atoms with E-state index in [1.807, 2.05) is 12.1 Å². The molecule has 0 atom stereocenters. The van der Waals surface area contributed by atoms with Crippen molar-refractivity contribution < 1.29 is 9.84 Å². The van der Waals surface area contributed by atoms with Crippen molar-refractivity contribution in [2.24, 2.45) is 5.92 Å². The topological polar surface area (TPSA) is 32.7 Å². The first-order chi connectivity index (χ1) is 8.81. The number of ether oxygens (including phenoxy) is 1. The number of methoxy groups -OCH3 is 1. The van der Waals surface area contributed by atoms with Crippen molar-refractivity contribution in [1.29, 1.82) is 0 Å². The Bertz CT molecular complexity index is 342. The van der Waals surface area contributed by atoms with Gasteiger partial charge >= 0.3 is 0 Å². The van der Waals surface area contributed by atoms with E-state index in [9.17, 15) is 0 Å². The molecule has 0 bridgehead atoms. The minimum Gasteiger partial charge on any atom is -0.497 e. The van der Waals surface area contributed by atoms with Gasteiger partial charge in [-0.2, -0.15) is 0 Å². The molecule has 3 nitrogen and oxygen atoms in total. The molecule has 0 amide bonds. The van der Waals surface area contributed by atoms with Gasteiger partial charge in [-0.15, -0.1) is 0 Å². The van der Waals surface area contributed by atoms with Crippen LogP contribution in [0.1, 0.15) is 24.8 Å². The zero-order chi connectivity index (χ0) is 12.8. The van der Waals surface area contributed by atoms with Gasteiger partial charge in [0, 0.05) is 13.2 Å². The third kappa shape index (κ3) is 3.72. The van der Waals surface area contributed by atoms with E-state index < -0.39 is 0 Å². The van der Waals surface area contributed by atoms with E-state index in [-0.39, 0.29) is 0 Å². The summed E-state index contributed by atoms with van der Waals surface area (Å²) in [5.74, 6) is 1.64. The van der Waals surface area contributed by atoms with Gasteiger partial charge in [0.25, 0.3) is 0 Å². The fraction of sp³-hybridized carbons (Fsp3) is 0.600. The molecule has 1 aromatic rings. The van der Waals surface area contributed by atoms with E-state index in [1.54, 1.807) is 7.11 Å². The molecule has 1 aromatic carbocycles. The summed E-state index contributed by atoms with van der Waals surface area (Å²) in [4.78, 5) is 2.50. The van der Waals surface area contributed by atoms with Gasteiger partial charge in [-0.25, -0.2) is 0 Å². The van der Waals surface area contributed by atoms with Crippen LogP contribution in [0.25, 0.3) is 0 Å². The van der Waals surface area contributed by atoms with Crippen molar-refractivity contribution in [1.82, 2.24) is 4.90 Å². The second-order valence-corrected chi connectivity index (χ2v) is 5.08. The Balaban J connectivity index is 1.80. The lowest BCUT2D eigenvalue weighted by Crippen LogP contribution is -2.33. The summed E-state index contributed by atoms with van der Waals surface area (Å²) in [6, 6.07) is 8.32. The summed E-state index contributed by atoms with van der Waals surface area (Å²) in [6.45, 7) is 3.66. The zero-order valence-electron chi connectivity index (χ0n) is 11.1. The molecule has 0 aromatic heterocycles. The van der Waals surface area contributed by atoms with Crippen LogP contribution < -0.4 is 4.74 Å². The highest BCUT2D eigenvalue weighted by molar-refractivity contribution is 5.27. The molecule has 18 heavy (non-hydrogen) atoms.